The summed E-state index contributed by atoms with van der Waals surface area (Å²) in [5.74, 6) is -0.829. The molecule has 1 N–H and O–H groups in total. The topological polar surface area (TPSA) is 75.7 Å². The van der Waals surface area contributed by atoms with Gasteiger partial charge in [0.15, 0.2) is 0 Å². The zero-order chi connectivity index (χ0) is 19.7. The standard InChI is InChI=1S/C20H17BrN2O4/c1-11-5-4-6-17(12(11)2)23-19(25)16(18(24)22-20(23)26)9-13-7-14(21)10-15(8-13)27-3/h4-10H,1-3H3,(H,22,24,26)/b16-9+. The number of rotatable bonds is 3. The van der Waals surface area contributed by atoms with Gasteiger partial charge in [0.25, 0.3) is 11.8 Å². The van der Waals surface area contributed by atoms with E-state index in [1.54, 1.807) is 30.3 Å². The van der Waals surface area contributed by atoms with Crippen LogP contribution in [-0.2, 0) is 9.59 Å². The zero-order valence-electron chi connectivity index (χ0n) is 15.0. The molecule has 1 aliphatic heterocycles. The summed E-state index contributed by atoms with van der Waals surface area (Å²) in [4.78, 5) is 38.6. The van der Waals surface area contributed by atoms with Gasteiger partial charge in [0, 0.05) is 4.47 Å². The molecule has 1 fully saturated rings. The quantitative estimate of drug-likeness (QED) is 0.596. The second-order valence-electron chi connectivity index (χ2n) is 6.10. The maximum atomic E-state index is 13.0. The van der Waals surface area contributed by atoms with E-state index >= 15 is 0 Å². The third-order valence-electron chi connectivity index (χ3n) is 4.36. The van der Waals surface area contributed by atoms with E-state index < -0.39 is 17.8 Å². The number of aryl methyl sites for hydroxylation is 1. The molecule has 0 atom stereocenters. The van der Waals surface area contributed by atoms with Crippen LogP contribution in [0.3, 0.4) is 0 Å². The number of ether oxygens (including phenoxy) is 1. The Hall–Kier alpha value is -2.93. The molecule has 138 valence electrons. The number of benzene rings is 2. The van der Waals surface area contributed by atoms with E-state index in [4.69, 9.17) is 4.74 Å². The van der Waals surface area contributed by atoms with Gasteiger partial charge in [-0.1, -0.05) is 28.1 Å². The van der Waals surface area contributed by atoms with Crippen LogP contribution in [0.2, 0.25) is 0 Å². The largest absolute Gasteiger partial charge is 0.497 e. The minimum Gasteiger partial charge on any atom is -0.497 e. The van der Waals surface area contributed by atoms with Crippen molar-refractivity contribution in [2.75, 3.05) is 12.0 Å². The number of amides is 4. The molecule has 0 aromatic heterocycles. The lowest BCUT2D eigenvalue weighted by Gasteiger charge is -2.28. The Bertz CT molecular complexity index is 997. The maximum absolute atomic E-state index is 13.0. The molecule has 2 aromatic rings. The van der Waals surface area contributed by atoms with Gasteiger partial charge in [0.2, 0.25) is 0 Å². The van der Waals surface area contributed by atoms with E-state index in [2.05, 4.69) is 21.2 Å². The van der Waals surface area contributed by atoms with E-state index in [9.17, 15) is 14.4 Å². The van der Waals surface area contributed by atoms with Crippen LogP contribution >= 0.6 is 15.9 Å². The van der Waals surface area contributed by atoms with Gasteiger partial charge in [-0.3, -0.25) is 14.9 Å². The number of urea groups is 1. The van der Waals surface area contributed by atoms with Gasteiger partial charge in [0.05, 0.1) is 12.8 Å². The van der Waals surface area contributed by atoms with Crippen LogP contribution < -0.4 is 15.0 Å². The number of halogens is 1. The van der Waals surface area contributed by atoms with Crippen molar-refractivity contribution in [1.82, 2.24) is 5.32 Å². The van der Waals surface area contributed by atoms with E-state index in [0.717, 1.165) is 20.5 Å². The molecule has 0 bridgehead atoms. The van der Waals surface area contributed by atoms with Crippen molar-refractivity contribution in [3.8, 4) is 5.75 Å². The first-order valence-corrected chi connectivity index (χ1v) is 8.93. The third kappa shape index (κ3) is 3.64. The summed E-state index contributed by atoms with van der Waals surface area (Å²) in [6.45, 7) is 3.71. The van der Waals surface area contributed by atoms with Crippen LogP contribution in [0, 0.1) is 13.8 Å². The lowest BCUT2D eigenvalue weighted by atomic mass is 10.0. The number of hydrogen-bond donors (Lipinski definition) is 1. The molecule has 3 rings (SSSR count). The van der Waals surface area contributed by atoms with Crippen molar-refractivity contribution >= 4 is 45.5 Å². The highest BCUT2D eigenvalue weighted by Crippen LogP contribution is 2.28. The van der Waals surface area contributed by atoms with Crippen LogP contribution in [0.5, 0.6) is 5.75 Å². The van der Waals surface area contributed by atoms with Crippen LogP contribution in [0.15, 0.2) is 46.4 Å². The molecule has 1 saturated heterocycles. The first kappa shape index (κ1) is 18.8. The fraction of sp³-hybridized carbons (Fsp3) is 0.150. The van der Waals surface area contributed by atoms with Gasteiger partial charge in [-0.15, -0.1) is 0 Å². The van der Waals surface area contributed by atoms with Crippen molar-refractivity contribution in [3.63, 3.8) is 0 Å². The van der Waals surface area contributed by atoms with E-state index in [1.165, 1.54) is 13.2 Å². The predicted molar refractivity (Wildman–Crippen MR) is 106 cm³/mol. The van der Waals surface area contributed by atoms with E-state index in [1.807, 2.05) is 19.9 Å². The second kappa shape index (κ2) is 7.36. The Morgan fingerprint density at radius 3 is 2.56 bits per heavy atom. The fourth-order valence-electron chi connectivity index (χ4n) is 2.81. The summed E-state index contributed by atoms with van der Waals surface area (Å²) in [6, 6.07) is 9.76. The minimum absolute atomic E-state index is 0.129. The number of carbonyl (C=O) groups excluding carboxylic acids is 3. The molecule has 1 heterocycles. The molecular formula is C20H17BrN2O4. The van der Waals surface area contributed by atoms with Crippen molar-refractivity contribution in [2.24, 2.45) is 0 Å². The molecule has 7 heteroatoms. The van der Waals surface area contributed by atoms with Gasteiger partial charge in [-0.05, 0) is 60.9 Å². The summed E-state index contributed by atoms with van der Waals surface area (Å²) in [7, 11) is 1.53. The highest BCUT2D eigenvalue weighted by atomic mass is 79.9. The molecule has 4 amide bonds. The molecule has 27 heavy (non-hydrogen) atoms. The van der Waals surface area contributed by atoms with Gasteiger partial charge in [0.1, 0.15) is 11.3 Å². The molecule has 0 aliphatic carbocycles. The number of barbiturate groups is 1. The number of hydrogen-bond acceptors (Lipinski definition) is 4. The summed E-state index contributed by atoms with van der Waals surface area (Å²) >= 11 is 3.37. The predicted octanol–water partition coefficient (Wildman–Crippen LogP) is 3.74. The smallest absolute Gasteiger partial charge is 0.335 e. The average molecular weight is 429 g/mol. The zero-order valence-corrected chi connectivity index (χ0v) is 16.6. The number of imide groups is 2. The summed E-state index contributed by atoms with van der Waals surface area (Å²) in [6.07, 6.45) is 1.44. The van der Waals surface area contributed by atoms with E-state index in [0.29, 0.717) is 17.0 Å². The van der Waals surface area contributed by atoms with Crippen LogP contribution in [0.1, 0.15) is 16.7 Å². The number of nitrogens with one attached hydrogen (secondary N) is 1. The first-order valence-electron chi connectivity index (χ1n) is 8.14. The highest BCUT2D eigenvalue weighted by Gasteiger charge is 2.37. The van der Waals surface area contributed by atoms with Crippen molar-refractivity contribution in [1.29, 1.82) is 0 Å². The van der Waals surface area contributed by atoms with E-state index in [-0.39, 0.29) is 5.57 Å². The Kier molecular flexibility index (Phi) is 5.14. The van der Waals surface area contributed by atoms with Crippen LogP contribution in [0.25, 0.3) is 6.08 Å². The number of nitrogens with zero attached hydrogens (tertiary/aromatic N) is 1. The minimum atomic E-state index is -0.761. The lowest BCUT2D eigenvalue weighted by molar-refractivity contribution is -0.122. The Labute approximate surface area is 164 Å². The van der Waals surface area contributed by atoms with Crippen LogP contribution in [-0.4, -0.2) is 25.0 Å². The van der Waals surface area contributed by atoms with Gasteiger partial charge >= 0.3 is 6.03 Å². The highest BCUT2D eigenvalue weighted by molar-refractivity contribution is 9.10. The van der Waals surface area contributed by atoms with Gasteiger partial charge in [-0.25, -0.2) is 9.69 Å². The summed E-state index contributed by atoms with van der Waals surface area (Å²) in [5, 5.41) is 2.23. The fourth-order valence-corrected chi connectivity index (χ4v) is 3.30. The van der Waals surface area contributed by atoms with Crippen molar-refractivity contribution in [2.45, 2.75) is 13.8 Å². The maximum Gasteiger partial charge on any atom is 0.335 e. The Morgan fingerprint density at radius 2 is 1.85 bits per heavy atom. The molecular weight excluding hydrogens is 412 g/mol. The molecule has 2 aromatic carbocycles. The number of methoxy groups -OCH3 is 1. The molecule has 0 spiro atoms. The Balaban J connectivity index is 2.08. The van der Waals surface area contributed by atoms with Crippen molar-refractivity contribution in [3.05, 3.63) is 63.1 Å². The van der Waals surface area contributed by atoms with Crippen LogP contribution in [0.4, 0.5) is 10.5 Å². The van der Waals surface area contributed by atoms with Gasteiger partial charge < -0.3 is 4.74 Å². The van der Waals surface area contributed by atoms with Crippen molar-refractivity contribution < 1.29 is 19.1 Å². The summed E-state index contributed by atoms with van der Waals surface area (Å²) in [5.41, 5.74) is 2.64. The SMILES string of the molecule is COc1cc(Br)cc(/C=C2\C(=O)NC(=O)N(c3cccc(C)c3C)C2=O)c1. The third-order valence-corrected chi connectivity index (χ3v) is 4.82. The molecule has 0 radical (unpaired) electrons. The average Bonchev–Trinajstić information content (AvgIpc) is 2.61. The normalized spacial score (nSPS) is 15.9. The molecule has 6 nitrogen and oxygen atoms in total. The number of anilines is 1. The number of carbonyl (C=O) groups is 3. The Morgan fingerprint density at radius 1 is 1.11 bits per heavy atom. The molecule has 0 unspecified atom stereocenters. The second-order valence-corrected chi connectivity index (χ2v) is 7.02. The molecule has 1 aliphatic rings. The van der Waals surface area contributed by atoms with Gasteiger partial charge in [-0.2, -0.15) is 0 Å². The first-order chi connectivity index (χ1) is 12.8. The lowest BCUT2D eigenvalue weighted by Crippen LogP contribution is -2.54. The monoisotopic (exact) mass is 428 g/mol. The summed E-state index contributed by atoms with van der Waals surface area (Å²) < 4.78 is 5.94. The molecule has 0 saturated carbocycles.